The van der Waals surface area contributed by atoms with Crippen LogP contribution in [0.25, 0.3) is 28.2 Å². The van der Waals surface area contributed by atoms with Crippen LogP contribution in [0.5, 0.6) is 0 Å². The van der Waals surface area contributed by atoms with Crippen LogP contribution in [0.2, 0.25) is 0 Å². The van der Waals surface area contributed by atoms with Gasteiger partial charge in [-0.3, -0.25) is 4.79 Å². The molecule has 3 aromatic rings. The molecule has 8 heteroatoms. The van der Waals surface area contributed by atoms with Crippen molar-refractivity contribution >= 4 is 28.1 Å². The minimum absolute atomic E-state index is 0.000984. The smallest absolute Gasteiger partial charge is 0.274 e. The Balaban J connectivity index is 1.33. The first kappa shape index (κ1) is 19.8. The van der Waals surface area contributed by atoms with Gasteiger partial charge in [0.1, 0.15) is 5.69 Å². The zero-order valence-electron chi connectivity index (χ0n) is 17.6. The summed E-state index contributed by atoms with van der Waals surface area (Å²) in [5.74, 6) is 1.14. The molecule has 1 atom stereocenters. The van der Waals surface area contributed by atoms with Crippen LogP contribution >= 0.6 is 0 Å². The van der Waals surface area contributed by atoms with Crippen molar-refractivity contribution in [3.8, 4) is 11.6 Å². The molecule has 0 spiro atoms. The van der Waals surface area contributed by atoms with Gasteiger partial charge in [-0.15, -0.1) is 0 Å². The summed E-state index contributed by atoms with van der Waals surface area (Å²) in [6.07, 6.45) is 1.69. The lowest BCUT2D eigenvalue weighted by atomic mass is 10.0. The molecule has 31 heavy (non-hydrogen) atoms. The quantitative estimate of drug-likeness (QED) is 0.649. The number of H-pyrrole nitrogens is 1. The summed E-state index contributed by atoms with van der Waals surface area (Å²) in [7, 11) is 0. The largest absolute Gasteiger partial charge is 0.376 e. The summed E-state index contributed by atoms with van der Waals surface area (Å²) < 4.78 is 16.3. The van der Waals surface area contributed by atoms with E-state index in [4.69, 9.17) is 19.0 Å². The highest BCUT2D eigenvalue weighted by atomic mass is 16.6. The number of allylic oxidation sites excluding steroid dienone is 1. The van der Waals surface area contributed by atoms with Crippen LogP contribution < -0.4 is 0 Å². The fourth-order valence-electron chi connectivity index (χ4n) is 4.02. The molecule has 2 aromatic heterocycles. The third kappa shape index (κ3) is 4.08. The van der Waals surface area contributed by atoms with Crippen LogP contribution in [0.3, 0.4) is 0 Å². The molecule has 0 bridgehead atoms. The van der Waals surface area contributed by atoms with Gasteiger partial charge in [0.05, 0.1) is 37.3 Å². The monoisotopic (exact) mass is 420 g/mol. The number of aromatic nitrogens is 3. The fraction of sp³-hybridized carbons (Fsp3) is 0.391. The number of ether oxygens (including phenoxy) is 2. The van der Waals surface area contributed by atoms with Gasteiger partial charge < -0.3 is 19.0 Å². The third-order valence-electron chi connectivity index (χ3n) is 5.64. The number of carbonyl (C=O) groups is 1. The minimum atomic E-state index is 0.000984. The molecule has 0 saturated carbocycles. The van der Waals surface area contributed by atoms with Crippen molar-refractivity contribution in [1.29, 1.82) is 0 Å². The summed E-state index contributed by atoms with van der Waals surface area (Å²) in [6, 6.07) is 8.08. The van der Waals surface area contributed by atoms with Crippen molar-refractivity contribution in [2.75, 3.05) is 19.8 Å². The van der Waals surface area contributed by atoms with Gasteiger partial charge in [-0.05, 0) is 44.0 Å². The third-order valence-corrected chi connectivity index (χ3v) is 5.64. The van der Waals surface area contributed by atoms with Gasteiger partial charge >= 0.3 is 0 Å². The molecule has 5 rings (SSSR count). The van der Waals surface area contributed by atoms with E-state index in [2.05, 4.69) is 21.2 Å². The number of hydrogen-bond acceptors (Lipinski definition) is 7. The second-order valence-electron chi connectivity index (χ2n) is 8.03. The molecule has 160 valence electrons. The van der Waals surface area contributed by atoms with Crippen molar-refractivity contribution in [2.45, 2.75) is 39.2 Å². The molecule has 2 aliphatic heterocycles. The Morgan fingerprint density at radius 2 is 2.13 bits per heavy atom. The van der Waals surface area contributed by atoms with Crippen LogP contribution in [-0.4, -0.2) is 52.5 Å². The summed E-state index contributed by atoms with van der Waals surface area (Å²) in [4.78, 5) is 25.0. The number of aryl methyl sites for hydroxylation is 1. The Morgan fingerprint density at radius 3 is 2.90 bits per heavy atom. The van der Waals surface area contributed by atoms with Crippen molar-refractivity contribution in [3.63, 3.8) is 0 Å². The lowest BCUT2D eigenvalue weighted by molar-refractivity contribution is -0.116. The van der Waals surface area contributed by atoms with Gasteiger partial charge in [0.15, 0.2) is 11.6 Å². The van der Waals surface area contributed by atoms with Crippen LogP contribution in [0.1, 0.15) is 37.6 Å². The molecule has 1 saturated heterocycles. The van der Waals surface area contributed by atoms with E-state index in [9.17, 15) is 4.79 Å². The number of fused-ring (bicyclic) bond motifs is 1. The minimum Gasteiger partial charge on any atom is -0.376 e. The average molecular weight is 420 g/mol. The van der Waals surface area contributed by atoms with Gasteiger partial charge in [-0.25, -0.2) is 4.99 Å². The number of benzene rings is 1. The van der Waals surface area contributed by atoms with Crippen LogP contribution in [0.15, 0.2) is 39.4 Å². The van der Waals surface area contributed by atoms with Crippen molar-refractivity contribution in [2.24, 2.45) is 4.99 Å². The van der Waals surface area contributed by atoms with E-state index in [0.717, 1.165) is 33.4 Å². The van der Waals surface area contributed by atoms with Crippen molar-refractivity contribution in [1.82, 2.24) is 15.1 Å². The molecular weight excluding hydrogens is 396 g/mol. The highest BCUT2D eigenvalue weighted by Crippen LogP contribution is 2.32. The maximum absolute atomic E-state index is 12.7. The summed E-state index contributed by atoms with van der Waals surface area (Å²) in [5, 5.41) is 4.87. The maximum Gasteiger partial charge on any atom is 0.274 e. The number of rotatable bonds is 6. The average Bonchev–Trinajstić information content (AvgIpc) is 3.50. The number of hydrogen-bond donors (Lipinski definition) is 1. The fourth-order valence-corrected chi connectivity index (χ4v) is 4.02. The Labute approximate surface area is 179 Å². The van der Waals surface area contributed by atoms with E-state index in [-0.39, 0.29) is 11.9 Å². The Morgan fingerprint density at radius 1 is 1.23 bits per heavy atom. The number of nitrogens with one attached hydrogen (secondary N) is 1. The van der Waals surface area contributed by atoms with Crippen LogP contribution in [0.4, 0.5) is 0 Å². The lowest BCUT2D eigenvalue weighted by Gasteiger charge is -2.22. The normalized spacial score (nSPS) is 19.3. The number of nitrogens with zero attached hydrogens (tertiary/aromatic N) is 3. The molecule has 1 fully saturated rings. The molecule has 1 N–H and O–H groups in total. The summed E-state index contributed by atoms with van der Waals surface area (Å²) in [5.41, 5.74) is 5.34. The number of Topliss-reactive ketones (excluding diaryl/α,β-unsaturated/α-hetero) is 1. The molecule has 8 nitrogen and oxygen atoms in total. The van der Waals surface area contributed by atoms with Gasteiger partial charge in [0.25, 0.3) is 5.89 Å². The van der Waals surface area contributed by atoms with Crippen molar-refractivity contribution < 1.29 is 18.8 Å². The first-order valence-corrected chi connectivity index (χ1v) is 10.5. The Bertz CT molecular complexity index is 1200. The molecule has 0 amide bonds. The molecule has 0 aliphatic carbocycles. The predicted octanol–water partition coefficient (Wildman–Crippen LogP) is 3.87. The maximum atomic E-state index is 12.7. The zero-order valence-corrected chi connectivity index (χ0v) is 17.6. The second-order valence-corrected chi connectivity index (χ2v) is 8.03. The van der Waals surface area contributed by atoms with Gasteiger partial charge in [-0.2, -0.15) is 4.98 Å². The molecule has 1 unspecified atom stereocenters. The van der Waals surface area contributed by atoms with Gasteiger partial charge in [0, 0.05) is 29.3 Å². The molecule has 1 aromatic carbocycles. The number of aliphatic imine (C=N–C) groups is 1. The Hall–Kier alpha value is -3.10. The molecular formula is C23H24N4O4. The van der Waals surface area contributed by atoms with Crippen LogP contribution in [-0.2, 0) is 14.3 Å². The van der Waals surface area contributed by atoms with E-state index < -0.39 is 0 Å². The first-order chi connectivity index (χ1) is 15.1. The van der Waals surface area contributed by atoms with E-state index in [0.29, 0.717) is 56.5 Å². The highest BCUT2D eigenvalue weighted by molar-refractivity contribution is 6.42. The lowest BCUT2D eigenvalue weighted by Crippen LogP contribution is -2.29. The van der Waals surface area contributed by atoms with E-state index >= 15 is 0 Å². The zero-order chi connectivity index (χ0) is 21.4. The Kier molecular flexibility index (Phi) is 5.25. The van der Waals surface area contributed by atoms with E-state index in [1.54, 1.807) is 6.92 Å². The number of ketones is 1. The van der Waals surface area contributed by atoms with Gasteiger partial charge in [0.2, 0.25) is 0 Å². The summed E-state index contributed by atoms with van der Waals surface area (Å²) in [6.45, 7) is 5.61. The molecule has 2 aliphatic rings. The topological polar surface area (TPSA) is 103 Å². The van der Waals surface area contributed by atoms with Crippen LogP contribution in [0, 0.1) is 6.92 Å². The first-order valence-electron chi connectivity index (χ1n) is 10.5. The predicted molar refractivity (Wildman–Crippen MR) is 116 cm³/mol. The van der Waals surface area contributed by atoms with E-state index in [1.165, 1.54) is 0 Å². The highest BCUT2D eigenvalue weighted by Gasteiger charge is 2.23. The van der Waals surface area contributed by atoms with Crippen molar-refractivity contribution in [3.05, 3.63) is 41.2 Å². The number of aromatic amines is 1. The van der Waals surface area contributed by atoms with Gasteiger partial charge in [-0.1, -0.05) is 11.2 Å². The molecule has 4 heterocycles. The standard InChI is InChI=1S/C23H24N4O4/c1-13-9-19(21(28)6-4-17-12-29-7-8-30-17)26-22(13)15-3-5-18-16(10-15)11-20(25-18)23-24-14(2)27-31-23/h3,5,10-11,17,25H,4,6-9,12H2,1-2H3. The summed E-state index contributed by atoms with van der Waals surface area (Å²) >= 11 is 0. The second kappa shape index (κ2) is 8.20. The number of carbonyl (C=O) groups excluding carboxylic acids is 1. The molecule has 0 radical (unpaired) electrons. The van der Waals surface area contributed by atoms with E-state index in [1.807, 2.05) is 25.1 Å². The SMILES string of the molecule is CC1=C(c2ccc3[nH]c(-c4nc(C)no4)cc3c2)N=C(C(=O)CCC2COCCO2)C1.